The molecule has 0 aliphatic carbocycles. The Bertz CT molecular complexity index is 379. The summed E-state index contributed by atoms with van der Waals surface area (Å²) in [6.45, 7) is 7.13. The Morgan fingerprint density at radius 2 is 2.17 bits per heavy atom. The van der Waals surface area contributed by atoms with Gasteiger partial charge in [0.25, 0.3) is 0 Å². The molecule has 18 heavy (non-hydrogen) atoms. The summed E-state index contributed by atoms with van der Waals surface area (Å²) in [5, 5.41) is 0. The number of likely N-dealkylation sites (tertiary alicyclic amines) is 1. The number of rotatable bonds is 3. The molecule has 0 radical (unpaired) electrons. The van der Waals surface area contributed by atoms with Gasteiger partial charge in [0.2, 0.25) is 0 Å². The van der Waals surface area contributed by atoms with Gasteiger partial charge in [-0.3, -0.25) is 4.98 Å². The van der Waals surface area contributed by atoms with Crippen molar-refractivity contribution in [2.75, 3.05) is 13.1 Å². The van der Waals surface area contributed by atoms with Crippen molar-refractivity contribution >= 4 is 15.9 Å². The third kappa shape index (κ3) is 4.06. The van der Waals surface area contributed by atoms with Crippen LogP contribution >= 0.6 is 15.9 Å². The summed E-state index contributed by atoms with van der Waals surface area (Å²) in [5.74, 6) is 0.824. The number of nitrogens with zero attached hydrogens (tertiary/aromatic N) is 2. The van der Waals surface area contributed by atoms with Crippen LogP contribution < -0.4 is 0 Å². The van der Waals surface area contributed by atoms with Crippen LogP contribution in [0.15, 0.2) is 22.9 Å². The van der Waals surface area contributed by atoms with Gasteiger partial charge >= 0.3 is 0 Å². The Morgan fingerprint density at radius 3 is 2.89 bits per heavy atom. The Hall–Kier alpha value is -0.410. The van der Waals surface area contributed by atoms with Crippen LogP contribution in [0, 0.1) is 5.92 Å². The summed E-state index contributed by atoms with van der Waals surface area (Å²) < 4.78 is 1.09. The first-order valence-corrected chi connectivity index (χ1v) is 7.78. The third-order valence-corrected chi connectivity index (χ3v) is 4.33. The fourth-order valence-corrected chi connectivity index (χ4v) is 3.22. The van der Waals surface area contributed by atoms with Crippen molar-refractivity contribution in [3.63, 3.8) is 0 Å². The first-order chi connectivity index (χ1) is 8.65. The van der Waals surface area contributed by atoms with E-state index >= 15 is 0 Å². The summed E-state index contributed by atoms with van der Waals surface area (Å²) in [5.41, 5.74) is 1.37. The molecule has 0 N–H and O–H groups in total. The van der Waals surface area contributed by atoms with Crippen molar-refractivity contribution in [1.82, 2.24) is 9.88 Å². The molecule has 2 rings (SSSR count). The van der Waals surface area contributed by atoms with Gasteiger partial charge in [-0.25, -0.2) is 0 Å². The molecule has 2 nitrogen and oxygen atoms in total. The zero-order chi connectivity index (χ0) is 13.0. The molecule has 0 amide bonds. The van der Waals surface area contributed by atoms with E-state index in [0.717, 1.165) is 10.4 Å². The fourth-order valence-electron chi connectivity index (χ4n) is 2.81. The van der Waals surface area contributed by atoms with Gasteiger partial charge in [0.05, 0.1) is 0 Å². The molecular formula is C15H23BrN2. The minimum atomic E-state index is 0.691. The van der Waals surface area contributed by atoms with Gasteiger partial charge in [-0.1, -0.05) is 0 Å². The molecule has 1 aliphatic heterocycles. The molecular weight excluding hydrogens is 288 g/mol. The molecule has 1 atom stereocenters. The molecule has 0 unspecified atom stereocenters. The molecule has 3 heteroatoms. The van der Waals surface area contributed by atoms with E-state index in [-0.39, 0.29) is 0 Å². The molecule has 1 fully saturated rings. The SMILES string of the molecule is CC(C)N1CCC[C@H](Cc2cncc(Br)c2)CC1. The third-order valence-electron chi connectivity index (χ3n) is 3.90. The Balaban J connectivity index is 1.91. The molecule has 1 aromatic heterocycles. The predicted molar refractivity (Wildman–Crippen MR) is 79.7 cm³/mol. The van der Waals surface area contributed by atoms with Crippen molar-refractivity contribution in [3.05, 3.63) is 28.5 Å². The van der Waals surface area contributed by atoms with Gasteiger partial charge in [-0.05, 0) is 86.1 Å². The summed E-state index contributed by atoms with van der Waals surface area (Å²) in [6, 6.07) is 2.90. The van der Waals surface area contributed by atoms with E-state index in [4.69, 9.17) is 0 Å². The predicted octanol–water partition coefficient (Wildman–Crippen LogP) is 3.90. The van der Waals surface area contributed by atoms with Crippen molar-refractivity contribution in [2.45, 2.75) is 45.6 Å². The number of halogens is 1. The summed E-state index contributed by atoms with van der Waals surface area (Å²) >= 11 is 3.50. The van der Waals surface area contributed by atoms with Crippen molar-refractivity contribution in [3.8, 4) is 0 Å². The second-order valence-electron chi connectivity index (χ2n) is 5.64. The van der Waals surface area contributed by atoms with Crippen LogP contribution in [0.3, 0.4) is 0 Å². The van der Waals surface area contributed by atoms with E-state index in [1.165, 1.54) is 44.3 Å². The largest absolute Gasteiger partial charge is 0.301 e. The molecule has 0 saturated carbocycles. The van der Waals surface area contributed by atoms with Crippen LogP contribution in [0.25, 0.3) is 0 Å². The van der Waals surface area contributed by atoms with Gasteiger partial charge in [0, 0.05) is 22.9 Å². The highest BCUT2D eigenvalue weighted by Gasteiger charge is 2.18. The van der Waals surface area contributed by atoms with E-state index < -0.39 is 0 Å². The van der Waals surface area contributed by atoms with Gasteiger partial charge in [0.15, 0.2) is 0 Å². The number of aromatic nitrogens is 1. The second kappa shape index (κ2) is 6.67. The van der Waals surface area contributed by atoms with Gasteiger partial charge in [-0.2, -0.15) is 0 Å². The van der Waals surface area contributed by atoms with E-state index in [9.17, 15) is 0 Å². The Morgan fingerprint density at radius 1 is 1.33 bits per heavy atom. The van der Waals surface area contributed by atoms with Crippen LogP contribution in [0.1, 0.15) is 38.7 Å². The number of hydrogen-bond acceptors (Lipinski definition) is 2. The first-order valence-electron chi connectivity index (χ1n) is 6.98. The van der Waals surface area contributed by atoms with Gasteiger partial charge in [-0.15, -0.1) is 0 Å². The highest BCUT2D eigenvalue weighted by atomic mass is 79.9. The molecule has 0 spiro atoms. The molecule has 0 aromatic carbocycles. The Kier molecular flexibility index (Phi) is 5.19. The fraction of sp³-hybridized carbons (Fsp3) is 0.667. The summed E-state index contributed by atoms with van der Waals surface area (Å²) in [4.78, 5) is 6.87. The highest BCUT2D eigenvalue weighted by Crippen LogP contribution is 2.23. The first kappa shape index (κ1) is 14.0. The standard InChI is InChI=1S/C15H23BrN2/c1-12(2)18-6-3-4-13(5-7-18)8-14-9-15(16)11-17-10-14/h9-13H,3-8H2,1-2H3/t13-/m0/s1. The molecule has 1 saturated heterocycles. The maximum Gasteiger partial charge on any atom is 0.0410 e. The van der Waals surface area contributed by atoms with Gasteiger partial charge in [0.1, 0.15) is 0 Å². The van der Waals surface area contributed by atoms with Crippen LogP contribution in [-0.2, 0) is 6.42 Å². The molecule has 2 heterocycles. The lowest BCUT2D eigenvalue weighted by Crippen LogP contribution is -2.31. The normalized spacial score (nSPS) is 22.1. The zero-order valence-electron chi connectivity index (χ0n) is 11.4. The Labute approximate surface area is 119 Å². The lowest BCUT2D eigenvalue weighted by atomic mass is 9.93. The van der Waals surface area contributed by atoms with Crippen LogP contribution in [0.2, 0.25) is 0 Å². The van der Waals surface area contributed by atoms with E-state index in [1.807, 2.05) is 12.4 Å². The average Bonchev–Trinajstić information content (AvgIpc) is 2.55. The minimum Gasteiger partial charge on any atom is -0.301 e. The summed E-state index contributed by atoms with van der Waals surface area (Å²) in [7, 11) is 0. The lowest BCUT2D eigenvalue weighted by molar-refractivity contribution is 0.228. The number of pyridine rings is 1. The highest BCUT2D eigenvalue weighted by molar-refractivity contribution is 9.10. The lowest BCUT2D eigenvalue weighted by Gasteiger charge is -2.24. The van der Waals surface area contributed by atoms with E-state index in [2.05, 4.69) is 45.7 Å². The smallest absolute Gasteiger partial charge is 0.0410 e. The molecule has 1 aromatic rings. The molecule has 100 valence electrons. The number of hydrogen-bond donors (Lipinski definition) is 0. The maximum atomic E-state index is 4.26. The minimum absolute atomic E-state index is 0.691. The van der Waals surface area contributed by atoms with Crippen LogP contribution in [0.5, 0.6) is 0 Å². The molecule has 1 aliphatic rings. The van der Waals surface area contributed by atoms with E-state index in [1.54, 1.807) is 0 Å². The second-order valence-corrected chi connectivity index (χ2v) is 6.56. The summed E-state index contributed by atoms with van der Waals surface area (Å²) in [6.07, 6.45) is 9.07. The average molecular weight is 311 g/mol. The quantitative estimate of drug-likeness (QED) is 0.842. The van der Waals surface area contributed by atoms with Crippen LogP contribution in [0.4, 0.5) is 0 Å². The van der Waals surface area contributed by atoms with Gasteiger partial charge < -0.3 is 4.90 Å². The topological polar surface area (TPSA) is 16.1 Å². The monoisotopic (exact) mass is 310 g/mol. The van der Waals surface area contributed by atoms with Crippen molar-refractivity contribution in [2.24, 2.45) is 5.92 Å². The van der Waals surface area contributed by atoms with Crippen molar-refractivity contribution in [1.29, 1.82) is 0 Å². The van der Waals surface area contributed by atoms with Crippen molar-refractivity contribution < 1.29 is 0 Å². The molecule has 0 bridgehead atoms. The van der Waals surface area contributed by atoms with Crippen LogP contribution in [-0.4, -0.2) is 29.0 Å². The zero-order valence-corrected chi connectivity index (χ0v) is 13.0. The van der Waals surface area contributed by atoms with E-state index in [0.29, 0.717) is 6.04 Å². The maximum absolute atomic E-state index is 4.26.